The van der Waals surface area contributed by atoms with Crippen LogP contribution in [0.2, 0.25) is 0 Å². The maximum atomic E-state index is 12.2. The maximum absolute atomic E-state index is 12.2. The second-order valence-electron chi connectivity index (χ2n) is 7.30. The molecule has 5 heteroatoms. The van der Waals surface area contributed by atoms with E-state index in [4.69, 9.17) is 4.74 Å². The van der Waals surface area contributed by atoms with Crippen molar-refractivity contribution in [2.45, 2.75) is 60.1 Å². The molecule has 0 spiro atoms. The van der Waals surface area contributed by atoms with Gasteiger partial charge in [0.25, 0.3) is 0 Å². The van der Waals surface area contributed by atoms with Crippen LogP contribution in [0.25, 0.3) is 0 Å². The minimum atomic E-state index is -1.37. The molecule has 1 N–H and O–H groups in total. The predicted molar refractivity (Wildman–Crippen MR) is 92.8 cm³/mol. The van der Waals surface area contributed by atoms with E-state index in [2.05, 4.69) is 5.32 Å². The number of ether oxygens (including phenoxy) is 1. The summed E-state index contributed by atoms with van der Waals surface area (Å²) >= 11 is 0. The van der Waals surface area contributed by atoms with Crippen LogP contribution in [0, 0.1) is 12.3 Å². The predicted octanol–water partition coefficient (Wildman–Crippen LogP) is 3.75. The van der Waals surface area contributed by atoms with Gasteiger partial charge in [0.15, 0.2) is 0 Å². The number of Topliss-reactive ketones (excluding diaryl/α,β-unsaturated/α-hetero) is 2. The highest BCUT2D eigenvalue weighted by Gasteiger charge is 2.45. The van der Waals surface area contributed by atoms with Gasteiger partial charge in [-0.1, -0.05) is 29.8 Å². The lowest BCUT2D eigenvalue weighted by Gasteiger charge is -2.35. The van der Waals surface area contributed by atoms with E-state index in [-0.39, 0.29) is 11.6 Å². The Balaban J connectivity index is 3.31. The number of ketones is 2. The Morgan fingerprint density at radius 1 is 0.958 bits per heavy atom. The van der Waals surface area contributed by atoms with Crippen LogP contribution in [-0.4, -0.2) is 23.3 Å². The molecule has 0 fully saturated rings. The zero-order chi connectivity index (χ0) is 18.7. The average molecular weight is 333 g/mol. The summed E-state index contributed by atoms with van der Waals surface area (Å²) in [5.41, 5.74) is -0.321. The quantitative estimate of drug-likeness (QED) is 0.833. The second kappa shape index (κ2) is 7.16. The highest BCUT2D eigenvalue weighted by atomic mass is 16.6. The average Bonchev–Trinajstić information content (AvgIpc) is 2.42. The molecular formula is C19H27NO4. The summed E-state index contributed by atoms with van der Waals surface area (Å²) in [6, 6.07) is 6.56. The van der Waals surface area contributed by atoms with Crippen molar-refractivity contribution in [2.24, 2.45) is 5.41 Å². The highest BCUT2D eigenvalue weighted by Crippen LogP contribution is 2.36. The summed E-state index contributed by atoms with van der Waals surface area (Å²) in [6.07, 6.45) is -0.665. The van der Waals surface area contributed by atoms with Crippen LogP contribution in [0.3, 0.4) is 0 Å². The third kappa shape index (κ3) is 4.66. The monoisotopic (exact) mass is 333 g/mol. The molecule has 0 bridgehead atoms. The summed E-state index contributed by atoms with van der Waals surface area (Å²) in [5, 5.41) is 2.71. The number of amides is 1. The number of alkyl carbamates (subject to hydrolysis) is 1. The van der Waals surface area contributed by atoms with Gasteiger partial charge in [-0.3, -0.25) is 9.59 Å². The zero-order valence-corrected chi connectivity index (χ0v) is 15.5. The van der Waals surface area contributed by atoms with Crippen molar-refractivity contribution in [3.8, 4) is 0 Å². The molecule has 1 rings (SSSR count). The van der Waals surface area contributed by atoms with Crippen molar-refractivity contribution in [2.75, 3.05) is 0 Å². The summed E-state index contributed by atoms with van der Waals surface area (Å²) in [4.78, 5) is 36.7. The van der Waals surface area contributed by atoms with Crippen LogP contribution < -0.4 is 5.32 Å². The number of benzene rings is 1. The Kier molecular flexibility index (Phi) is 5.93. The number of nitrogens with one attached hydrogen (secondary N) is 1. The fraction of sp³-hybridized carbons (Fsp3) is 0.526. The first kappa shape index (κ1) is 19.9. The first-order valence-electron chi connectivity index (χ1n) is 7.96. The molecular weight excluding hydrogens is 306 g/mol. The van der Waals surface area contributed by atoms with Crippen molar-refractivity contribution < 1.29 is 19.1 Å². The minimum Gasteiger partial charge on any atom is -0.444 e. The maximum Gasteiger partial charge on any atom is 0.408 e. The van der Waals surface area contributed by atoms with E-state index < -0.39 is 23.2 Å². The molecule has 1 aromatic carbocycles. The van der Waals surface area contributed by atoms with E-state index in [0.717, 1.165) is 5.56 Å². The normalized spacial score (nSPS) is 13.1. The number of carbonyl (C=O) groups excluding carboxylic acids is 3. The molecule has 24 heavy (non-hydrogen) atoms. The third-order valence-corrected chi connectivity index (χ3v) is 4.11. The van der Waals surface area contributed by atoms with Gasteiger partial charge in [0.2, 0.25) is 0 Å². The topological polar surface area (TPSA) is 72.5 Å². The standard InChI is InChI=1S/C19H27NO4/c1-12-8-10-15(11-9-12)16(19(7,13(2)21)14(3)22)20-17(23)24-18(4,5)6/h8-11,16H,1-7H3,(H,20,23)/t16-/m1/s1. The van der Waals surface area contributed by atoms with Crippen LogP contribution in [0.15, 0.2) is 24.3 Å². The Bertz CT molecular complexity index is 612. The van der Waals surface area contributed by atoms with Crippen molar-refractivity contribution in [1.82, 2.24) is 5.32 Å². The van der Waals surface area contributed by atoms with Crippen LogP contribution in [0.4, 0.5) is 4.79 Å². The lowest BCUT2D eigenvalue weighted by atomic mass is 9.72. The van der Waals surface area contributed by atoms with Crippen LogP contribution in [0.5, 0.6) is 0 Å². The van der Waals surface area contributed by atoms with Gasteiger partial charge in [-0.25, -0.2) is 4.79 Å². The molecule has 1 aromatic rings. The Labute approximate surface area is 143 Å². The molecule has 0 aliphatic carbocycles. The molecule has 0 saturated heterocycles. The SMILES string of the molecule is CC(=O)C(C)(C(C)=O)[C@H](NC(=O)OC(C)(C)C)c1ccc(C)cc1. The first-order valence-corrected chi connectivity index (χ1v) is 7.96. The van der Waals surface area contributed by atoms with Crippen LogP contribution in [-0.2, 0) is 14.3 Å². The van der Waals surface area contributed by atoms with Crippen LogP contribution in [0.1, 0.15) is 58.7 Å². The van der Waals surface area contributed by atoms with Gasteiger partial charge in [0.1, 0.15) is 22.6 Å². The zero-order valence-electron chi connectivity index (χ0n) is 15.5. The first-order chi connectivity index (χ1) is 10.9. The smallest absolute Gasteiger partial charge is 0.408 e. The summed E-state index contributed by atoms with van der Waals surface area (Å²) in [6.45, 7) is 11.5. The Morgan fingerprint density at radius 3 is 1.79 bits per heavy atom. The Morgan fingerprint density at radius 2 is 1.42 bits per heavy atom. The largest absolute Gasteiger partial charge is 0.444 e. The molecule has 132 valence electrons. The van der Waals surface area contributed by atoms with Gasteiger partial charge in [-0.15, -0.1) is 0 Å². The molecule has 0 heterocycles. The van der Waals surface area contributed by atoms with Crippen molar-refractivity contribution >= 4 is 17.7 Å². The number of hydrogen-bond donors (Lipinski definition) is 1. The van der Waals surface area contributed by atoms with E-state index in [9.17, 15) is 14.4 Å². The van der Waals surface area contributed by atoms with Gasteiger partial charge in [-0.05, 0) is 54.0 Å². The van der Waals surface area contributed by atoms with Crippen molar-refractivity contribution in [1.29, 1.82) is 0 Å². The minimum absolute atomic E-state index is 0.309. The number of rotatable bonds is 5. The molecule has 0 aliphatic rings. The summed E-state index contributed by atoms with van der Waals surface area (Å²) < 4.78 is 5.30. The number of aryl methyl sites for hydroxylation is 1. The van der Waals surface area contributed by atoms with E-state index in [1.54, 1.807) is 27.7 Å². The molecule has 0 aliphatic heterocycles. The van der Waals surface area contributed by atoms with Gasteiger partial charge >= 0.3 is 6.09 Å². The third-order valence-electron chi connectivity index (χ3n) is 4.11. The molecule has 0 radical (unpaired) electrons. The number of hydrogen-bond acceptors (Lipinski definition) is 4. The molecule has 0 unspecified atom stereocenters. The van der Waals surface area contributed by atoms with E-state index in [1.165, 1.54) is 13.8 Å². The Hall–Kier alpha value is -2.17. The second-order valence-corrected chi connectivity index (χ2v) is 7.30. The van der Waals surface area contributed by atoms with E-state index in [0.29, 0.717) is 5.56 Å². The van der Waals surface area contributed by atoms with Gasteiger partial charge < -0.3 is 10.1 Å². The van der Waals surface area contributed by atoms with E-state index in [1.807, 2.05) is 31.2 Å². The van der Waals surface area contributed by atoms with E-state index >= 15 is 0 Å². The van der Waals surface area contributed by atoms with Crippen molar-refractivity contribution in [3.05, 3.63) is 35.4 Å². The molecule has 5 nitrogen and oxygen atoms in total. The number of carbonyl (C=O) groups is 3. The lowest BCUT2D eigenvalue weighted by Crippen LogP contribution is -2.48. The highest BCUT2D eigenvalue weighted by molar-refractivity contribution is 6.06. The van der Waals surface area contributed by atoms with Gasteiger partial charge in [-0.2, -0.15) is 0 Å². The van der Waals surface area contributed by atoms with Crippen molar-refractivity contribution in [3.63, 3.8) is 0 Å². The summed E-state index contributed by atoms with van der Waals surface area (Å²) in [5.74, 6) is -0.617. The fourth-order valence-corrected chi connectivity index (χ4v) is 2.40. The van der Waals surface area contributed by atoms with Gasteiger partial charge in [0, 0.05) is 0 Å². The molecule has 0 aromatic heterocycles. The molecule has 0 saturated carbocycles. The molecule has 1 atom stereocenters. The van der Waals surface area contributed by atoms with Gasteiger partial charge in [0.05, 0.1) is 6.04 Å². The summed E-state index contributed by atoms with van der Waals surface area (Å²) in [7, 11) is 0. The lowest BCUT2D eigenvalue weighted by molar-refractivity contribution is -0.139. The molecule has 1 amide bonds. The van der Waals surface area contributed by atoms with Crippen LogP contribution >= 0.6 is 0 Å². The fourth-order valence-electron chi connectivity index (χ4n) is 2.40.